The first-order chi connectivity index (χ1) is 16.4. The molecule has 1 spiro atoms. The Hall–Kier alpha value is -2.85. The number of pyridine rings is 1. The highest BCUT2D eigenvalue weighted by molar-refractivity contribution is 7.93. The third-order valence-electron chi connectivity index (χ3n) is 7.11. The van der Waals surface area contributed by atoms with Crippen LogP contribution in [0.1, 0.15) is 44.1 Å². The number of amides is 1. The molecule has 1 aromatic carbocycles. The molecule has 3 heterocycles. The van der Waals surface area contributed by atoms with Gasteiger partial charge in [0.2, 0.25) is 21.8 Å². The number of ether oxygens (including phenoxy) is 1. The van der Waals surface area contributed by atoms with Gasteiger partial charge in [0.25, 0.3) is 0 Å². The molecule has 176 valence electrons. The van der Waals surface area contributed by atoms with Crippen molar-refractivity contribution in [1.82, 2.24) is 10.1 Å². The minimum absolute atomic E-state index is 0.0484. The van der Waals surface area contributed by atoms with Gasteiger partial charge < -0.3 is 9.26 Å². The third-order valence-corrected chi connectivity index (χ3v) is 9.21. The van der Waals surface area contributed by atoms with E-state index in [4.69, 9.17) is 20.9 Å². The number of nitrogens with zero attached hydrogens (tertiary/aromatic N) is 3. The maximum absolute atomic E-state index is 13.5. The number of carbonyl (C=O) groups is 1. The number of hydrogen-bond donors (Lipinski definition) is 1. The van der Waals surface area contributed by atoms with Crippen LogP contribution in [-0.4, -0.2) is 36.3 Å². The summed E-state index contributed by atoms with van der Waals surface area (Å²) in [5.41, 5.74) is 1.83. The summed E-state index contributed by atoms with van der Waals surface area (Å²) in [5, 5.41) is 4.48. The number of carbonyl (C=O) groups excluding carboxylic acids is 1. The SMILES string of the molecule is O=C1N(c2cnc(OCC3CC3)c(Cl)c2)c2cc3onc(NS(=O)(=O)C4CC4)c3cc2C12CC2. The zero-order valence-corrected chi connectivity index (χ0v) is 19.7. The summed E-state index contributed by atoms with van der Waals surface area (Å²) in [6, 6.07) is 5.27. The average Bonchev–Trinajstić information content (AvgIpc) is 3.66. The number of benzene rings is 1. The van der Waals surface area contributed by atoms with Crippen molar-refractivity contribution >= 4 is 55.7 Å². The molecule has 0 saturated heterocycles. The second-order valence-corrected chi connectivity index (χ2v) is 12.1. The molecule has 0 unspecified atom stereocenters. The predicted octanol–water partition coefficient (Wildman–Crippen LogP) is 4.28. The summed E-state index contributed by atoms with van der Waals surface area (Å²) in [6.07, 6.45) is 6.66. The van der Waals surface area contributed by atoms with E-state index in [9.17, 15) is 13.2 Å². The van der Waals surface area contributed by atoms with Crippen LogP contribution in [0.15, 0.2) is 28.9 Å². The Morgan fingerprint density at radius 2 is 2.00 bits per heavy atom. The zero-order valence-electron chi connectivity index (χ0n) is 18.1. The quantitative estimate of drug-likeness (QED) is 0.514. The Kier molecular flexibility index (Phi) is 4.13. The summed E-state index contributed by atoms with van der Waals surface area (Å²) in [4.78, 5) is 19.5. The second-order valence-electron chi connectivity index (χ2n) is 9.70. The molecule has 3 saturated carbocycles. The number of fused-ring (bicyclic) bond motifs is 3. The van der Waals surface area contributed by atoms with Crippen molar-refractivity contribution in [3.05, 3.63) is 35.0 Å². The van der Waals surface area contributed by atoms with Crippen molar-refractivity contribution < 1.29 is 22.5 Å². The summed E-state index contributed by atoms with van der Waals surface area (Å²) in [5.74, 6) is 1.05. The van der Waals surface area contributed by atoms with Gasteiger partial charge in [-0.2, -0.15) is 0 Å². The molecule has 0 radical (unpaired) electrons. The van der Waals surface area contributed by atoms with Crippen LogP contribution in [0.2, 0.25) is 5.02 Å². The van der Waals surface area contributed by atoms with Crippen molar-refractivity contribution in [3.8, 4) is 5.88 Å². The third kappa shape index (κ3) is 3.11. The highest BCUT2D eigenvalue weighted by Crippen LogP contribution is 2.60. The molecule has 0 bridgehead atoms. The molecule has 1 aliphatic heterocycles. The number of halogens is 1. The normalized spacial score (nSPS) is 20.7. The van der Waals surface area contributed by atoms with Gasteiger partial charge in [-0.3, -0.25) is 14.4 Å². The van der Waals surface area contributed by atoms with E-state index in [1.165, 1.54) is 0 Å². The van der Waals surface area contributed by atoms with E-state index in [0.717, 1.165) is 31.2 Å². The van der Waals surface area contributed by atoms with E-state index < -0.39 is 15.4 Å². The molecular weight excluding hydrogens is 480 g/mol. The first-order valence-electron chi connectivity index (χ1n) is 11.4. The van der Waals surface area contributed by atoms with E-state index in [0.29, 0.717) is 58.6 Å². The summed E-state index contributed by atoms with van der Waals surface area (Å²) >= 11 is 6.44. The molecule has 3 fully saturated rings. The van der Waals surface area contributed by atoms with Crippen molar-refractivity contribution in [1.29, 1.82) is 0 Å². The van der Waals surface area contributed by atoms with Crippen LogP contribution in [0, 0.1) is 5.92 Å². The van der Waals surface area contributed by atoms with E-state index in [-0.39, 0.29) is 17.0 Å². The lowest BCUT2D eigenvalue weighted by atomic mass is 9.96. The number of hydrogen-bond acceptors (Lipinski definition) is 7. The van der Waals surface area contributed by atoms with Gasteiger partial charge in [-0.15, -0.1) is 0 Å². The van der Waals surface area contributed by atoms with Crippen LogP contribution in [0.25, 0.3) is 11.0 Å². The molecule has 9 nitrogen and oxygen atoms in total. The first kappa shape index (κ1) is 20.5. The van der Waals surface area contributed by atoms with Gasteiger partial charge in [0.05, 0.1) is 40.2 Å². The Morgan fingerprint density at radius 1 is 1.21 bits per heavy atom. The van der Waals surface area contributed by atoms with Gasteiger partial charge >= 0.3 is 0 Å². The van der Waals surface area contributed by atoms with Crippen molar-refractivity contribution in [2.75, 3.05) is 16.2 Å². The Morgan fingerprint density at radius 3 is 2.68 bits per heavy atom. The minimum Gasteiger partial charge on any atom is -0.476 e. The number of rotatable bonds is 7. The van der Waals surface area contributed by atoms with Crippen molar-refractivity contribution in [2.45, 2.75) is 49.2 Å². The Labute approximate surface area is 200 Å². The maximum Gasteiger partial charge on any atom is 0.242 e. The standard InChI is InChI=1S/C23H21ClN4O5S/c24-17-7-13(10-25-21(17)32-11-12-1-2-12)28-18-9-19-15(8-16(18)23(5-6-23)22(28)29)20(26-33-19)27-34(30,31)14-3-4-14/h7-10,12,14H,1-6,11H2,(H,26,27). The topological polar surface area (TPSA) is 115 Å². The van der Waals surface area contributed by atoms with Crippen LogP contribution in [0.3, 0.4) is 0 Å². The fourth-order valence-corrected chi connectivity index (χ4v) is 6.20. The zero-order chi connectivity index (χ0) is 23.2. The number of nitrogens with one attached hydrogen (secondary N) is 1. The lowest BCUT2D eigenvalue weighted by molar-refractivity contribution is -0.119. The fourth-order valence-electron chi connectivity index (χ4n) is 4.64. The number of sulfonamides is 1. The summed E-state index contributed by atoms with van der Waals surface area (Å²) in [6.45, 7) is 0.594. The maximum atomic E-state index is 13.5. The molecule has 4 aliphatic rings. The molecule has 7 rings (SSSR count). The van der Waals surface area contributed by atoms with Gasteiger partial charge in [0, 0.05) is 6.07 Å². The molecule has 0 atom stereocenters. The van der Waals surface area contributed by atoms with Crippen molar-refractivity contribution in [2.24, 2.45) is 5.92 Å². The first-order valence-corrected chi connectivity index (χ1v) is 13.4. The van der Waals surface area contributed by atoms with Gasteiger partial charge in [0.15, 0.2) is 11.4 Å². The molecular formula is C23H21ClN4O5S. The lowest BCUT2D eigenvalue weighted by Crippen LogP contribution is -2.28. The minimum atomic E-state index is -3.49. The molecule has 3 aromatic rings. The highest BCUT2D eigenvalue weighted by Gasteiger charge is 2.60. The van der Waals surface area contributed by atoms with Crippen LogP contribution in [0.5, 0.6) is 5.88 Å². The largest absolute Gasteiger partial charge is 0.476 e. The lowest BCUT2D eigenvalue weighted by Gasteiger charge is -2.18. The number of anilines is 3. The van der Waals surface area contributed by atoms with Gasteiger partial charge in [0.1, 0.15) is 5.02 Å². The molecule has 1 N–H and O–H groups in total. The smallest absolute Gasteiger partial charge is 0.242 e. The van der Waals surface area contributed by atoms with Crippen LogP contribution in [-0.2, 0) is 20.2 Å². The summed E-state index contributed by atoms with van der Waals surface area (Å²) < 4.78 is 38.6. The molecule has 2 aromatic heterocycles. The van der Waals surface area contributed by atoms with Gasteiger partial charge in [-0.1, -0.05) is 16.8 Å². The van der Waals surface area contributed by atoms with Crippen molar-refractivity contribution in [3.63, 3.8) is 0 Å². The molecule has 1 amide bonds. The van der Waals surface area contributed by atoms with E-state index in [1.807, 2.05) is 6.07 Å². The fraction of sp³-hybridized carbons (Fsp3) is 0.435. The Bertz CT molecular complexity index is 1470. The molecule has 3 aliphatic carbocycles. The van der Waals surface area contributed by atoms with Crippen LogP contribution >= 0.6 is 11.6 Å². The van der Waals surface area contributed by atoms with E-state index in [1.54, 1.807) is 23.2 Å². The van der Waals surface area contributed by atoms with Crippen LogP contribution in [0.4, 0.5) is 17.2 Å². The summed E-state index contributed by atoms with van der Waals surface area (Å²) in [7, 11) is -3.49. The van der Waals surface area contributed by atoms with Gasteiger partial charge in [-0.25, -0.2) is 13.4 Å². The van der Waals surface area contributed by atoms with E-state index >= 15 is 0 Å². The predicted molar refractivity (Wildman–Crippen MR) is 125 cm³/mol. The highest BCUT2D eigenvalue weighted by atomic mass is 35.5. The second kappa shape index (κ2) is 6.85. The van der Waals surface area contributed by atoms with Crippen LogP contribution < -0.4 is 14.4 Å². The molecule has 11 heteroatoms. The number of aromatic nitrogens is 2. The van der Waals surface area contributed by atoms with E-state index in [2.05, 4.69) is 14.9 Å². The Balaban J connectivity index is 1.27. The molecule has 34 heavy (non-hydrogen) atoms. The monoisotopic (exact) mass is 500 g/mol. The van der Waals surface area contributed by atoms with Gasteiger partial charge in [-0.05, 0) is 62.1 Å². The average molecular weight is 501 g/mol.